The van der Waals surface area contributed by atoms with Crippen molar-refractivity contribution in [3.8, 4) is 0 Å². The SMILES string of the molecule is FC1=CCCC(C(F)(F)F)C1. The molecule has 0 aromatic carbocycles. The van der Waals surface area contributed by atoms with Crippen LogP contribution in [-0.4, -0.2) is 6.18 Å². The molecule has 0 fully saturated rings. The molecule has 0 nitrogen and oxygen atoms in total. The molecule has 4 heteroatoms. The molecule has 1 atom stereocenters. The van der Waals surface area contributed by atoms with E-state index in [1.54, 1.807) is 0 Å². The van der Waals surface area contributed by atoms with Gasteiger partial charge < -0.3 is 0 Å². The lowest BCUT2D eigenvalue weighted by Gasteiger charge is -2.21. The molecule has 0 heterocycles. The van der Waals surface area contributed by atoms with Crippen LogP contribution in [0.15, 0.2) is 11.9 Å². The van der Waals surface area contributed by atoms with Crippen LogP contribution in [-0.2, 0) is 0 Å². The number of hydrogen-bond donors (Lipinski definition) is 0. The highest BCUT2D eigenvalue weighted by atomic mass is 19.4. The highest BCUT2D eigenvalue weighted by Gasteiger charge is 2.40. The van der Waals surface area contributed by atoms with Crippen molar-refractivity contribution >= 4 is 0 Å². The predicted octanol–water partition coefficient (Wildman–Crippen LogP) is 3.20. The Balaban J connectivity index is 2.58. The molecular formula is C7H8F4. The zero-order valence-corrected chi connectivity index (χ0v) is 5.79. The first-order chi connectivity index (χ1) is 5.00. The Morgan fingerprint density at radius 1 is 1.36 bits per heavy atom. The fourth-order valence-electron chi connectivity index (χ4n) is 1.14. The minimum Gasteiger partial charge on any atom is -0.212 e. The first-order valence-corrected chi connectivity index (χ1v) is 3.41. The van der Waals surface area contributed by atoms with E-state index in [4.69, 9.17) is 0 Å². The summed E-state index contributed by atoms with van der Waals surface area (Å²) in [6, 6.07) is 0. The fourth-order valence-corrected chi connectivity index (χ4v) is 1.14. The minimum absolute atomic E-state index is 0.0247. The molecule has 0 saturated carbocycles. The number of rotatable bonds is 0. The van der Waals surface area contributed by atoms with Crippen molar-refractivity contribution in [1.29, 1.82) is 0 Å². The normalized spacial score (nSPS) is 26.5. The Bertz CT molecular complexity index is 168. The second-order valence-corrected chi connectivity index (χ2v) is 2.67. The molecule has 0 N–H and O–H groups in total. The summed E-state index contributed by atoms with van der Waals surface area (Å²) in [5, 5.41) is 0. The first-order valence-electron chi connectivity index (χ1n) is 3.41. The van der Waals surface area contributed by atoms with E-state index >= 15 is 0 Å². The van der Waals surface area contributed by atoms with Crippen molar-refractivity contribution < 1.29 is 17.6 Å². The van der Waals surface area contributed by atoms with E-state index in [2.05, 4.69) is 0 Å². The average Bonchev–Trinajstić information content (AvgIpc) is 1.86. The van der Waals surface area contributed by atoms with E-state index in [9.17, 15) is 17.6 Å². The third kappa shape index (κ3) is 2.20. The van der Waals surface area contributed by atoms with Gasteiger partial charge in [-0.15, -0.1) is 0 Å². The van der Waals surface area contributed by atoms with E-state index < -0.39 is 24.3 Å². The second kappa shape index (κ2) is 2.83. The van der Waals surface area contributed by atoms with Gasteiger partial charge in [-0.2, -0.15) is 13.2 Å². The van der Waals surface area contributed by atoms with Crippen LogP contribution in [0.4, 0.5) is 17.6 Å². The third-order valence-corrected chi connectivity index (χ3v) is 1.79. The molecule has 1 aliphatic rings. The van der Waals surface area contributed by atoms with E-state index in [0.29, 0.717) is 0 Å². The van der Waals surface area contributed by atoms with E-state index in [1.165, 1.54) is 6.08 Å². The Morgan fingerprint density at radius 2 is 2.00 bits per heavy atom. The van der Waals surface area contributed by atoms with Gasteiger partial charge in [0.15, 0.2) is 0 Å². The molecule has 11 heavy (non-hydrogen) atoms. The summed E-state index contributed by atoms with van der Waals surface area (Å²) >= 11 is 0. The standard InChI is InChI=1S/C7H8F4/c8-6-3-1-2-5(4-6)7(9,10)11/h3,5H,1-2,4H2. The zero-order valence-electron chi connectivity index (χ0n) is 5.79. The molecule has 0 aliphatic heterocycles. The molecule has 0 amide bonds. The summed E-state index contributed by atoms with van der Waals surface area (Å²) in [5.74, 6) is -2.09. The Labute approximate surface area is 61.9 Å². The van der Waals surface area contributed by atoms with Crippen LogP contribution in [0, 0.1) is 5.92 Å². The van der Waals surface area contributed by atoms with Crippen LogP contribution in [0.1, 0.15) is 19.3 Å². The summed E-state index contributed by atoms with van der Waals surface area (Å²) < 4.78 is 48.1. The molecule has 1 rings (SSSR count). The largest absolute Gasteiger partial charge is 0.392 e. The Kier molecular flexibility index (Phi) is 2.20. The van der Waals surface area contributed by atoms with Gasteiger partial charge in [0.1, 0.15) is 0 Å². The monoisotopic (exact) mass is 168 g/mol. The molecule has 1 aliphatic carbocycles. The molecule has 0 bridgehead atoms. The molecule has 0 aromatic heterocycles. The van der Waals surface area contributed by atoms with E-state index in [0.717, 1.165) is 0 Å². The quantitative estimate of drug-likeness (QED) is 0.487. The molecule has 0 spiro atoms. The van der Waals surface area contributed by atoms with Gasteiger partial charge in [0.2, 0.25) is 0 Å². The number of hydrogen-bond acceptors (Lipinski definition) is 0. The van der Waals surface area contributed by atoms with Gasteiger partial charge in [-0.05, 0) is 12.8 Å². The lowest BCUT2D eigenvalue weighted by molar-refractivity contribution is -0.177. The van der Waals surface area contributed by atoms with Gasteiger partial charge in [0.05, 0.1) is 11.7 Å². The highest BCUT2D eigenvalue weighted by molar-refractivity contribution is 4.99. The van der Waals surface area contributed by atoms with Gasteiger partial charge in [0, 0.05) is 6.42 Å². The van der Waals surface area contributed by atoms with E-state index in [-0.39, 0.29) is 12.8 Å². The molecule has 1 unspecified atom stereocenters. The topological polar surface area (TPSA) is 0 Å². The van der Waals surface area contributed by atoms with Gasteiger partial charge in [0.25, 0.3) is 0 Å². The van der Waals surface area contributed by atoms with Crippen molar-refractivity contribution in [3.05, 3.63) is 11.9 Å². The number of allylic oxidation sites excluding steroid dienone is 2. The van der Waals surface area contributed by atoms with Crippen LogP contribution in [0.3, 0.4) is 0 Å². The molecule has 64 valence electrons. The summed E-state index contributed by atoms with van der Waals surface area (Å²) in [7, 11) is 0. The summed E-state index contributed by atoms with van der Waals surface area (Å²) in [4.78, 5) is 0. The van der Waals surface area contributed by atoms with Gasteiger partial charge in [-0.3, -0.25) is 0 Å². The third-order valence-electron chi connectivity index (χ3n) is 1.79. The maximum Gasteiger partial charge on any atom is 0.392 e. The Hall–Kier alpha value is -0.540. The maximum absolute atomic E-state index is 12.3. The summed E-state index contributed by atoms with van der Waals surface area (Å²) in [6.45, 7) is 0. The van der Waals surface area contributed by atoms with Crippen molar-refractivity contribution in [2.75, 3.05) is 0 Å². The van der Waals surface area contributed by atoms with Crippen molar-refractivity contribution in [1.82, 2.24) is 0 Å². The highest BCUT2D eigenvalue weighted by Crippen LogP contribution is 2.37. The van der Waals surface area contributed by atoms with Crippen molar-refractivity contribution in [3.63, 3.8) is 0 Å². The van der Waals surface area contributed by atoms with Crippen molar-refractivity contribution in [2.45, 2.75) is 25.4 Å². The molecule has 0 radical (unpaired) electrons. The lowest BCUT2D eigenvalue weighted by Crippen LogP contribution is -2.24. The van der Waals surface area contributed by atoms with Gasteiger partial charge >= 0.3 is 6.18 Å². The lowest BCUT2D eigenvalue weighted by atomic mass is 9.93. The van der Waals surface area contributed by atoms with Crippen molar-refractivity contribution in [2.24, 2.45) is 5.92 Å². The summed E-state index contributed by atoms with van der Waals surface area (Å²) in [6.07, 6.45) is -3.25. The zero-order chi connectivity index (χ0) is 8.48. The molecule has 0 saturated heterocycles. The molecule has 0 aromatic rings. The summed E-state index contributed by atoms with van der Waals surface area (Å²) in [5.41, 5.74) is 0. The number of halogens is 4. The fraction of sp³-hybridized carbons (Fsp3) is 0.714. The van der Waals surface area contributed by atoms with E-state index in [1.807, 2.05) is 0 Å². The Morgan fingerprint density at radius 3 is 2.36 bits per heavy atom. The van der Waals surface area contributed by atoms with Crippen LogP contribution < -0.4 is 0 Å². The minimum atomic E-state index is -4.23. The second-order valence-electron chi connectivity index (χ2n) is 2.67. The maximum atomic E-state index is 12.3. The first kappa shape index (κ1) is 8.56. The predicted molar refractivity (Wildman–Crippen MR) is 32.6 cm³/mol. The molecular weight excluding hydrogens is 160 g/mol. The van der Waals surface area contributed by atoms with Crippen LogP contribution >= 0.6 is 0 Å². The smallest absolute Gasteiger partial charge is 0.212 e. The van der Waals surface area contributed by atoms with Gasteiger partial charge in [-0.1, -0.05) is 6.08 Å². The number of alkyl halides is 3. The van der Waals surface area contributed by atoms with Gasteiger partial charge in [-0.25, -0.2) is 4.39 Å². The van der Waals surface area contributed by atoms with Crippen LogP contribution in [0.25, 0.3) is 0 Å². The average molecular weight is 168 g/mol. The van der Waals surface area contributed by atoms with Crippen LogP contribution in [0.2, 0.25) is 0 Å². The van der Waals surface area contributed by atoms with Crippen LogP contribution in [0.5, 0.6) is 0 Å².